The zero-order valence-corrected chi connectivity index (χ0v) is 8.24. The van der Waals surface area contributed by atoms with E-state index < -0.39 is 0 Å². The molecule has 0 aromatic heterocycles. The molecule has 0 radical (unpaired) electrons. The fraction of sp³-hybridized carbons (Fsp3) is 1.00. The second-order valence-corrected chi connectivity index (χ2v) is 3.39. The van der Waals surface area contributed by atoms with Crippen LogP contribution < -0.4 is 0 Å². The second-order valence-electron chi connectivity index (χ2n) is 3.39. The van der Waals surface area contributed by atoms with E-state index in [1.54, 1.807) is 14.2 Å². The van der Waals surface area contributed by atoms with Crippen molar-refractivity contribution >= 4 is 7.85 Å². The summed E-state index contributed by atoms with van der Waals surface area (Å²) in [6, 6.07) is 0.185. The minimum atomic E-state index is 0.185. The molecular formula is C8H17BO3. The lowest BCUT2D eigenvalue weighted by atomic mass is 9.89. The quantitative estimate of drug-likeness (QED) is 0.544. The van der Waals surface area contributed by atoms with Crippen LogP contribution in [0.2, 0.25) is 0 Å². The van der Waals surface area contributed by atoms with E-state index in [0.717, 1.165) is 0 Å². The first-order chi connectivity index (χ1) is 5.70. The van der Waals surface area contributed by atoms with Crippen molar-refractivity contribution in [3.8, 4) is 0 Å². The third-order valence-electron chi connectivity index (χ3n) is 2.56. The lowest BCUT2D eigenvalue weighted by molar-refractivity contribution is 0.00776. The van der Waals surface area contributed by atoms with Crippen LogP contribution >= 0.6 is 0 Å². The lowest BCUT2D eigenvalue weighted by Crippen LogP contribution is -2.28. The van der Waals surface area contributed by atoms with E-state index in [9.17, 15) is 0 Å². The van der Waals surface area contributed by atoms with Gasteiger partial charge in [-0.25, -0.2) is 0 Å². The lowest BCUT2D eigenvalue weighted by Gasteiger charge is -2.17. The first-order valence-corrected chi connectivity index (χ1v) is 4.38. The maximum Gasteiger partial charge on any atom is 0.142 e. The fourth-order valence-corrected chi connectivity index (χ4v) is 1.88. The standard InChI is InChI=1S/C8H17BO3/c1-5-6(4-10-2)12-8(9)7(5)11-3/h5-8H,4,9H2,1-3H3/t5-,6-,7-,8-/m1/s1. The SMILES string of the molecule is B[C@@H]1O[C@H](COC)[C@@H](C)[C@H]1OC. The molecule has 1 aliphatic rings. The highest BCUT2D eigenvalue weighted by Gasteiger charge is 2.39. The highest BCUT2D eigenvalue weighted by molar-refractivity contribution is 6.11. The minimum absolute atomic E-state index is 0.185. The van der Waals surface area contributed by atoms with Gasteiger partial charge in [-0.1, -0.05) is 6.92 Å². The average molecular weight is 172 g/mol. The van der Waals surface area contributed by atoms with Crippen LogP contribution in [-0.4, -0.2) is 46.9 Å². The Labute approximate surface area is 74.8 Å². The highest BCUT2D eigenvalue weighted by atomic mass is 16.6. The Balaban J connectivity index is 2.49. The Morgan fingerprint density at radius 3 is 2.50 bits per heavy atom. The van der Waals surface area contributed by atoms with Gasteiger partial charge in [0.1, 0.15) is 7.85 Å². The molecular weight excluding hydrogens is 155 g/mol. The van der Waals surface area contributed by atoms with Gasteiger partial charge in [0.25, 0.3) is 0 Å². The summed E-state index contributed by atoms with van der Waals surface area (Å²) in [5.41, 5.74) is 0. The maximum absolute atomic E-state index is 5.67. The summed E-state index contributed by atoms with van der Waals surface area (Å²) in [5.74, 6) is 0.421. The molecule has 1 saturated heterocycles. The Morgan fingerprint density at radius 2 is 2.08 bits per heavy atom. The first kappa shape index (κ1) is 10.0. The molecule has 0 N–H and O–H groups in total. The molecule has 70 valence electrons. The van der Waals surface area contributed by atoms with Crippen molar-refractivity contribution in [1.82, 2.24) is 0 Å². The molecule has 0 aliphatic carbocycles. The zero-order chi connectivity index (χ0) is 9.14. The van der Waals surface area contributed by atoms with Crippen LogP contribution in [0.25, 0.3) is 0 Å². The Hall–Kier alpha value is -0.0551. The topological polar surface area (TPSA) is 27.7 Å². The predicted molar refractivity (Wildman–Crippen MR) is 49.0 cm³/mol. The van der Waals surface area contributed by atoms with Gasteiger partial charge < -0.3 is 14.2 Å². The van der Waals surface area contributed by atoms with Crippen molar-refractivity contribution in [3.05, 3.63) is 0 Å². The van der Waals surface area contributed by atoms with Gasteiger partial charge >= 0.3 is 0 Å². The highest BCUT2D eigenvalue weighted by Crippen LogP contribution is 2.27. The van der Waals surface area contributed by atoms with Crippen LogP contribution in [0.15, 0.2) is 0 Å². The van der Waals surface area contributed by atoms with Crippen LogP contribution in [0, 0.1) is 5.92 Å². The van der Waals surface area contributed by atoms with E-state index in [1.165, 1.54) is 0 Å². The fourth-order valence-electron chi connectivity index (χ4n) is 1.88. The van der Waals surface area contributed by atoms with E-state index in [2.05, 4.69) is 6.92 Å². The van der Waals surface area contributed by atoms with E-state index in [4.69, 9.17) is 14.2 Å². The van der Waals surface area contributed by atoms with E-state index >= 15 is 0 Å². The van der Waals surface area contributed by atoms with E-state index in [0.29, 0.717) is 12.5 Å². The molecule has 1 aliphatic heterocycles. The van der Waals surface area contributed by atoms with Crippen molar-refractivity contribution in [2.24, 2.45) is 5.92 Å². The smallest absolute Gasteiger partial charge is 0.142 e. The number of ether oxygens (including phenoxy) is 3. The molecule has 4 heteroatoms. The monoisotopic (exact) mass is 172 g/mol. The summed E-state index contributed by atoms with van der Waals surface area (Å²) in [6.45, 7) is 2.80. The molecule has 1 fully saturated rings. The third kappa shape index (κ3) is 1.81. The van der Waals surface area contributed by atoms with Gasteiger partial charge in [0, 0.05) is 20.1 Å². The number of hydrogen-bond acceptors (Lipinski definition) is 3. The van der Waals surface area contributed by atoms with Gasteiger partial charge in [0.15, 0.2) is 0 Å². The largest absolute Gasteiger partial charge is 0.382 e. The normalized spacial score (nSPS) is 41.9. The number of rotatable bonds is 3. The second kappa shape index (κ2) is 4.26. The van der Waals surface area contributed by atoms with Crippen LogP contribution in [0.4, 0.5) is 0 Å². The molecule has 0 unspecified atom stereocenters. The molecule has 0 bridgehead atoms. The summed E-state index contributed by atoms with van der Waals surface area (Å²) in [7, 11) is 5.47. The molecule has 0 aromatic rings. The van der Waals surface area contributed by atoms with Crippen LogP contribution in [0.3, 0.4) is 0 Å². The van der Waals surface area contributed by atoms with Crippen molar-refractivity contribution in [1.29, 1.82) is 0 Å². The van der Waals surface area contributed by atoms with Crippen molar-refractivity contribution < 1.29 is 14.2 Å². The summed E-state index contributed by atoms with van der Waals surface area (Å²) in [5, 5.41) is 0. The van der Waals surface area contributed by atoms with Crippen LogP contribution in [-0.2, 0) is 14.2 Å². The van der Waals surface area contributed by atoms with Gasteiger partial charge in [-0.3, -0.25) is 0 Å². The molecule has 1 heterocycles. The predicted octanol–water partition coefficient (Wildman–Crippen LogP) is -0.358. The number of hydrogen-bond donors (Lipinski definition) is 0. The average Bonchev–Trinajstić information content (AvgIpc) is 2.29. The van der Waals surface area contributed by atoms with Gasteiger partial charge in [0.2, 0.25) is 0 Å². The van der Waals surface area contributed by atoms with Crippen molar-refractivity contribution in [2.45, 2.75) is 25.1 Å². The first-order valence-electron chi connectivity index (χ1n) is 4.38. The van der Waals surface area contributed by atoms with Gasteiger partial charge in [-0.05, 0) is 0 Å². The third-order valence-corrected chi connectivity index (χ3v) is 2.56. The molecule has 4 atom stereocenters. The van der Waals surface area contributed by atoms with Gasteiger partial charge in [-0.15, -0.1) is 0 Å². The molecule has 0 saturated carbocycles. The minimum Gasteiger partial charge on any atom is -0.382 e. The van der Waals surface area contributed by atoms with E-state index in [-0.39, 0.29) is 18.2 Å². The van der Waals surface area contributed by atoms with Crippen LogP contribution in [0.1, 0.15) is 6.92 Å². The zero-order valence-electron chi connectivity index (χ0n) is 8.24. The van der Waals surface area contributed by atoms with E-state index in [1.807, 2.05) is 7.85 Å². The molecule has 12 heavy (non-hydrogen) atoms. The molecule has 1 rings (SSSR count). The van der Waals surface area contributed by atoms with Gasteiger partial charge in [0.05, 0.1) is 24.8 Å². The van der Waals surface area contributed by atoms with Crippen molar-refractivity contribution in [2.75, 3.05) is 20.8 Å². The van der Waals surface area contributed by atoms with Crippen molar-refractivity contribution in [3.63, 3.8) is 0 Å². The molecule has 0 spiro atoms. The number of methoxy groups -OCH3 is 2. The molecule has 0 aromatic carbocycles. The maximum atomic E-state index is 5.67. The Kier molecular flexibility index (Phi) is 3.56. The molecule has 3 nitrogen and oxygen atoms in total. The Morgan fingerprint density at radius 1 is 1.42 bits per heavy atom. The van der Waals surface area contributed by atoms with Crippen LogP contribution in [0.5, 0.6) is 0 Å². The summed E-state index contributed by atoms with van der Waals surface area (Å²) in [6.07, 6.45) is 0.403. The molecule has 0 amide bonds. The summed E-state index contributed by atoms with van der Waals surface area (Å²) >= 11 is 0. The van der Waals surface area contributed by atoms with Gasteiger partial charge in [-0.2, -0.15) is 0 Å². The summed E-state index contributed by atoms with van der Waals surface area (Å²) < 4.78 is 16.1. The summed E-state index contributed by atoms with van der Waals surface area (Å²) in [4.78, 5) is 0. The Bertz CT molecular complexity index is 142.